The maximum absolute atomic E-state index is 12.5. The molecular weight excluding hydrogens is 187 g/mol. The molecule has 1 rings (SSSR count). The molecule has 0 aromatic heterocycles. The Balaban J connectivity index is 3.08. The van der Waals surface area contributed by atoms with Crippen LogP contribution in [0, 0.1) is 11.3 Å². The number of rotatable bonds is 1. The van der Waals surface area contributed by atoms with E-state index in [1.54, 1.807) is 0 Å². The van der Waals surface area contributed by atoms with Gasteiger partial charge in [-0.05, 0) is 12.5 Å². The fourth-order valence-corrected chi connectivity index (χ4v) is 1.62. The maximum Gasteiger partial charge on any atom is 0.406 e. The van der Waals surface area contributed by atoms with Gasteiger partial charge in [-0.25, -0.2) is 0 Å². The minimum absolute atomic E-state index is 0.0891. The van der Waals surface area contributed by atoms with Crippen LogP contribution in [-0.2, 0) is 4.79 Å². The molecule has 1 saturated heterocycles. The first-order valence-corrected chi connectivity index (χ1v) is 3.83. The summed E-state index contributed by atoms with van der Waals surface area (Å²) in [6.45, 7) is 0.848. The van der Waals surface area contributed by atoms with Crippen LogP contribution in [0.15, 0.2) is 0 Å². The number of nitrogens with one attached hydrogen (secondary N) is 1. The van der Waals surface area contributed by atoms with Gasteiger partial charge in [0.05, 0.1) is 0 Å². The number of hydrogen-bond donors (Lipinski definition) is 2. The van der Waals surface area contributed by atoms with Crippen molar-refractivity contribution < 1.29 is 23.1 Å². The molecule has 0 saturated carbocycles. The molecule has 0 aromatic carbocycles. The fourth-order valence-electron chi connectivity index (χ4n) is 1.62. The van der Waals surface area contributed by atoms with Crippen LogP contribution < -0.4 is 5.32 Å². The molecule has 0 spiro atoms. The second-order valence-electron chi connectivity index (χ2n) is 3.31. The van der Waals surface area contributed by atoms with Crippen molar-refractivity contribution in [3.05, 3.63) is 0 Å². The molecule has 0 radical (unpaired) electrons. The van der Waals surface area contributed by atoms with Crippen LogP contribution in [0.3, 0.4) is 0 Å². The van der Waals surface area contributed by atoms with E-state index in [-0.39, 0.29) is 6.54 Å². The molecule has 0 aromatic rings. The van der Waals surface area contributed by atoms with E-state index in [1.807, 2.05) is 0 Å². The molecule has 13 heavy (non-hydrogen) atoms. The number of hydrogen-bond acceptors (Lipinski definition) is 2. The van der Waals surface area contributed by atoms with Gasteiger partial charge in [0.25, 0.3) is 0 Å². The summed E-state index contributed by atoms with van der Waals surface area (Å²) in [5, 5.41) is 11.1. The van der Waals surface area contributed by atoms with Crippen molar-refractivity contribution in [1.82, 2.24) is 5.32 Å². The molecule has 1 fully saturated rings. The molecular formula is C7H10F3NO2. The van der Waals surface area contributed by atoms with Gasteiger partial charge in [-0.1, -0.05) is 6.92 Å². The molecule has 0 unspecified atom stereocenters. The second kappa shape index (κ2) is 2.87. The van der Waals surface area contributed by atoms with Crippen molar-refractivity contribution in [2.24, 2.45) is 11.3 Å². The smallest absolute Gasteiger partial charge is 0.406 e. The predicted octanol–water partition coefficient (Wildman–Crippen LogP) is 0.859. The van der Waals surface area contributed by atoms with Crippen LogP contribution in [0.25, 0.3) is 0 Å². The zero-order valence-electron chi connectivity index (χ0n) is 6.98. The van der Waals surface area contributed by atoms with E-state index >= 15 is 0 Å². The van der Waals surface area contributed by atoms with Gasteiger partial charge in [-0.3, -0.25) is 4.79 Å². The fraction of sp³-hybridized carbons (Fsp3) is 0.857. The van der Waals surface area contributed by atoms with Crippen LogP contribution in [0.5, 0.6) is 0 Å². The lowest BCUT2D eigenvalue weighted by molar-refractivity contribution is -0.235. The third-order valence-corrected chi connectivity index (χ3v) is 2.58. The average molecular weight is 197 g/mol. The summed E-state index contributed by atoms with van der Waals surface area (Å²) in [6, 6.07) is 0. The molecule has 1 heterocycles. The topological polar surface area (TPSA) is 49.3 Å². The second-order valence-corrected chi connectivity index (χ2v) is 3.31. The van der Waals surface area contributed by atoms with Gasteiger partial charge in [-0.15, -0.1) is 0 Å². The van der Waals surface area contributed by atoms with Gasteiger partial charge in [-0.2, -0.15) is 13.2 Å². The lowest BCUT2D eigenvalue weighted by atomic mass is 9.78. The van der Waals surface area contributed by atoms with Crippen molar-refractivity contribution in [2.75, 3.05) is 13.1 Å². The predicted molar refractivity (Wildman–Crippen MR) is 38.2 cm³/mol. The molecule has 2 atom stereocenters. The molecule has 76 valence electrons. The minimum Gasteiger partial charge on any atom is -0.481 e. The van der Waals surface area contributed by atoms with E-state index in [4.69, 9.17) is 5.11 Å². The Morgan fingerprint density at radius 1 is 1.62 bits per heavy atom. The van der Waals surface area contributed by atoms with E-state index in [0.717, 1.165) is 0 Å². The van der Waals surface area contributed by atoms with Crippen LogP contribution in [0.4, 0.5) is 13.2 Å². The molecule has 3 nitrogen and oxygen atoms in total. The van der Waals surface area contributed by atoms with Crippen molar-refractivity contribution in [2.45, 2.75) is 13.1 Å². The van der Waals surface area contributed by atoms with Crippen molar-refractivity contribution in [3.63, 3.8) is 0 Å². The summed E-state index contributed by atoms with van der Waals surface area (Å²) in [5.74, 6) is -2.72. The average Bonchev–Trinajstić information content (AvgIpc) is 2.29. The number of carboxylic acids is 1. The van der Waals surface area contributed by atoms with Crippen molar-refractivity contribution in [3.8, 4) is 0 Å². The van der Waals surface area contributed by atoms with E-state index in [2.05, 4.69) is 5.32 Å². The first-order chi connectivity index (χ1) is 5.82. The highest BCUT2D eigenvalue weighted by molar-refractivity contribution is 5.77. The molecule has 0 amide bonds. The van der Waals surface area contributed by atoms with Gasteiger partial charge in [0.2, 0.25) is 0 Å². The summed E-state index contributed by atoms with van der Waals surface area (Å²) in [7, 11) is 0. The Morgan fingerprint density at radius 2 is 2.15 bits per heavy atom. The molecule has 0 bridgehead atoms. The zero-order chi connectivity index (χ0) is 10.3. The lowest BCUT2D eigenvalue weighted by Gasteiger charge is -2.30. The van der Waals surface area contributed by atoms with Crippen LogP contribution in [0.2, 0.25) is 0 Å². The molecule has 0 aliphatic carbocycles. The lowest BCUT2D eigenvalue weighted by Crippen LogP contribution is -2.50. The molecule has 1 aliphatic rings. The Hall–Kier alpha value is -0.780. The summed E-state index contributed by atoms with van der Waals surface area (Å²) >= 11 is 0. The normalized spacial score (nSPS) is 34.9. The Labute approximate surface area is 72.9 Å². The quantitative estimate of drug-likeness (QED) is 0.655. The van der Waals surface area contributed by atoms with Gasteiger partial charge in [0, 0.05) is 6.54 Å². The van der Waals surface area contributed by atoms with Crippen molar-refractivity contribution >= 4 is 5.97 Å². The highest BCUT2D eigenvalue weighted by Crippen LogP contribution is 2.46. The van der Waals surface area contributed by atoms with Gasteiger partial charge in [0.15, 0.2) is 5.41 Å². The number of carboxylic acid groups (broad SMARTS) is 1. The maximum atomic E-state index is 12.5. The number of aliphatic carboxylic acids is 1. The Morgan fingerprint density at radius 3 is 2.31 bits per heavy atom. The van der Waals surface area contributed by atoms with Gasteiger partial charge in [0.1, 0.15) is 0 Å². The monoisotopic (exact) mass is 197 g/mol. The highest BCUT2D eigenvalue weighted by atomic mass is 19.4. The van der Waals surface area contributed by atoms with E-state index in [1.165, 1.54) is 6.92 Å². The number of alkyl halides is 3. The summed E-state index contributed by atoms with van der Waals surface area (Å²) in [4.78, 5) is 10.6. The number of carbonyl (C=O) groups is 1. The highest BCUT2D eigenvalue weighted by Gasteiger charge is 2.65. The minimum atomic E-state index is -4.69. The zero-order valence-corrected chi connectivity index (χ0v) is 6.98. The first kappa shape index (κ1) is 10.3. The SMILES string of the molecule is C[C@H]1CNC[C@]1(C(=O)O)C(F)(F)F. The van der Waals surface area contributed by atoms with E-state index in [9.17, 15) is 18.0 Å². The van der Waals surface area contributed by atoms with Crippen LogP contribution in [-0.4, -0.2) is 30.3 Å². The van der Waals surface area contributed by atoms with Crippen LogP contribution >= 0.6 is 0 Å². The Bertz CT molecular complexity index is 228. The molecule has 1 aliphatic heterocycles. The van der Waals surface area contributed by atoms with Gasteiger partial charge < -0.3 is 10.4 Å². The summed E-state index contributed by atoms with van der Waals surface area (Å²) in [5.41, 5.74) is -2.60. The standard InChI is InChI=1S/C7H10F3NO2/c1-4-2-11-3-6(4,5(12)13)7(8,9)10/h4,11H,2-3H2,1H3,(H,12,13)/t4-,6-/m0/s1. The third kappa shape index (κ3) is 1.29. The van der Waals surface area contributed by atoms with E-state index in [0.29, 0.717) is 0 Å². The Kier molecular flexibility index (Phi) is 2.27. The van der Waals surface area contributed by atoms with Crippen molar-refractivity contribution in [1.29, 1.82) is 0 Å². The molecule has 2 N–H and O–H groups in total. The number of halogens is 3. The first-order valence-electron chi connectivity index (χ1n) is 3.83. The van der Waals surface area contributed by atoms with Crippen LogP contribution in [0.1, 0.15) is 6.92 Å². The van der Waals surface area contributed by atoms with E-state index < -0.39 is 30.0 Å². The largest absolute Gasteiger partial charge is 0.481 e. The summed E-state index contributed by atoms with van der Waals surface area (Å²) in [6.07, 6.45) is -4.69. The molecule has 6 heteroatoms. The summed E-state index contributed by atoms with van der Waals surface area (Å²) < 4.78 is 37.5. The van der Waals surface area contributed by atoms with Gasteiger partial charge >= 0.3 is 12.1 Å². The third-order valence-electron chi connectivity index (χ3n) is 2.58.